The SMILES string of the molecule is CC(C)c1ccccc1NCN1CCNCC1. The fourth-order valence-corrected chi connectivity index (χ4v) is 2.23. The lowest BCUT2D eigenvalue weighted by Gasteiger charge is -2.28. The number of anilines is 1. The summed E-state index contributed by atoms with van der Waals surface area (Å²) in [6.45, 7) is 9.91. The lowest BCUT2D eigenvalue weighted by atomic mass is 10.0. The number of benzene rings is 1. The number of rotatable bonds is 4. The minimum atomic E-state index is 0.571. The van der Waals surface area contributed by atoms with Crippen LogP contribution in [0.1, 0.15) is 25.3 Å². The van der Waals surface area contributed by atoms with Gasteiger partial charge in [0, 0.05) is 31.9 Å². The Balaban J connectivity index is 1.93. The molecule has 1 heterocycles. The van der Waals surface area contributed by atoms with Crippen LogP contribution >= 0.6 is 0 Å². The molecule has 2 N–H and O–H groups in total. The van der Waals surface area contributed by atoms with Crippen LogP contribution in [0.15, 0.2) is 24.3 Å². The first-order chi connectivity index (χ1) is 8.27. The number of piperazine rings is 1. The summed E-state index contributed by atoms with van der Waals surface area (Å²) >= 11 is 0. The standard InChI is InChI=1S/C14H23N3/c1-12(2)13-5-3-4-6-14(13)16-11-17-9-7-15-8-10-17/h3-6,12,15-16H,7-11H2,1-2H3. The van der Waals surface area contributed by atoms with Crippen LogP contribution in [0.25, 0.3) is 0 Å². The normalized spacial score (nSPS) is 17.4. The van der Waals surface area contributed by atoms with E-state index in [0.29, 0.717) is 5.92 Å². The molecular weight excluding hydrogens is 210 g/mol. The van der Waals surface area contributed by atoms with E-state index in [2.05, 4.69) is 53.6 Å². The van der Waals surface area contributed by atoms with Gasteiger partial charge in [-0.15, -0.1) is 0 Å². The Labute approximate surface area is 104 Å². The predicted molar refractivity (Wildman–Crippen MR) is 73.5 cm³/mol. The van der Waals surface area contributed by atoms with Crippen molar-refractivity contribution < 1.29 is 0 Å². The minimum Gasteiger partial charge on any atom is -0.372 e. The van der Waals surface area contributed by atoms with Crippen LogP contribution in [-0.4, -0.2) is 37.7 Å². The van der Waals surface area contributed by atoms with Gasteiger partial charge in [-0.1, -0.05) is 32.0 Å². The van der Waals surface area contributed by atoms with Gasteiger partial charge < -0.3 is 10.6 Å². The zero-order valence-electron chi connectivity index (χ0n) is 10.9. The van der Waals surface area contributed by atoms with Gasteiger partial charge in [-0.25, -0.2) is 0 Å². The Hall–Kier alpha value is -1.06. The first-order valence-electron chi connectivity index (χ1n) is 6.53. The maximum Gasteiger partial charge on any atom is 0.0679 e. The third-order valence-electron chi connectivity index (χ3n) is 3.29. The van der Waals surface area contributed by atoms with Crippen molar-refractivity contribution >= 4 is 5.69 Å². The maximum atomic E-state index is 3.56. The Bertz CT molecular complexity index is 343. The monoisotopic (exact) mass is 233 g/mol. The molecule has 94 valence electrons. The Morgan fingerprint density at radius 3 is 2.65 bits per heavy atom. The topological polar surface area (TPSA) is 27.3 Å². The van der Waals surface area contributed by atoms with Crippen molar-refractivity contribution in [1.29, 1.82) is 0 Å². The molecule has 0 aromatic heterocycles. The first kappa shape index (κ1) is 12.4. The smallest absolute Gasteiger partial charge is 0.0679 e. The molecule has 1 saturated heterocycles. The van der Waals surface area contributed by atoms with E-state index in [9.17, 15) is 0 Å². The van der Waals surface area contributed by atoms with E-state index in [-0.39, 0.29) is 0 Å². The number of para-hydroxylation sites is 1. The summed E-state index contributed by atoms with van der Waals surface area (Å²) in [7, 11) is 0. The fraction of sp³-hybridized carbons (Fsp3) is 0.571. The molecule has 2 rings (SSSR count). The summed E-state index contributed by atoms with van der Waals surface area (Å²) in [5, 5.41) is 6.94. The van der Waals surface area contributed by atoms with Gasteiger partial charge in [0.25, 0.3) is 0 Å². The van der Waals surface area contributed by atoms with Crippen LogP contribution in [0.2, 0.25) is 0 Å². The third kappa shape index (κ3) is 3.45. The summed E-state index contributed by atoms with van der Waals surface area (Å²) in [6.07, 6.45) is 0. The van der Waals surface area contributed by atoms with Gasteiger partial charge in [0.15, 0.2) is 0 Å². The summed E-state index contributed by atoms with van der Waals surface area (Å²) in [5.74, 6) is 0.571. The van der Waals surface area contributed by atoms with Gasteiger partial charge in [0.05, 0.1) is 6.67 Å². The molecule has 0 bridgehead atoms. The van der Waals surface area contributed by atoms with Gasteiger partial charge in [-0.2, -0.15) is 0 Å². The zero-order chi connectivity index (χ0) is 12.1. The first-order valence-corrected chi connectivity index (χ1v) is 6.53. The molecule has 1 aliphatic heterocycles. The lowest BCUT2D eigenvalue weighted by molar-refractivity contribution is 0.256. The van der Waals surface area contributed by atoms with Crippen molar-refractivity contribution in [1.82, 2.24) is 10.2 Å². The average Bonchev–Trinajstić information content (AvgIpc) is 2.38. The molecule has 0 atom stereocenters. The molecule has 0 saturated carbocycles. The summed E-state index contributed by atoms with van der Waals surface area (Å²) in [5.41, 5.74) is 2.68. The predicted octanol–water partition coefficient (Wildman–Crippen LogP) is 2.08. The third-order valence-corrected chi connectivity index (χ3v) is 3.29. The highest BCUT2D eigenvalue weighted by Gasteiger charge is 2.10. The Kier molecular flexibility index (Phi) is 4.40. The van der Waals surface area contributed by atoms with E-state index in [1.54, 1.807) is 0 Å². The van der Waals surface area contributed by atoms with E-state index in [0.717, 1.165) is 32.8 Å². The van der Waals surface area contributed by atoms with E-state index in [1.807, 2.05) is 0 Å². The van der Waals surface area contributed by atoms with Crippen LogP contribution in [0.4, 0.5) is 5.69 Å². The second-order valence-corrected chi connectivity index (χ2v) is 4.94. The van der Waals surface area contributed by atoms with Gasteiger partial charge >= 0.3 is 0 Å². The molecule has 1 fully saturated rings. The quantitative estimate of drug-likeness (QED) is 0.834. The molecule has 0 spiro atoms. The van der Waals surface area contributed by atoms with Crippen molar-refractivity contribution in [3.8, 4) is 0 Å². The van der Waals surface area contributed by atoms with Crippen LogP contribution in [0.5, 0.6) is 0 Å². The van der Waals surface area contributed by atoms with Crippen LogP contribution in [-0.2, 0) is 0 Å². The highest BCUT2D eigenvalue weighted by molar-refractivity contribution is 5.52. The average molecular weight is 233 g/mol. The van der Waals surface area contributed by atoms with Crippen molar-refractivity contribution in [2.24, 2.45) is 0 Å². The van der Waals surface area contributed by atoms with E-state index in [1.165, 1.54) is 11.3 Å². The molecule has 0 amide bonds. The highest BCUT2D eigenvalue weighted by Crippen LogP contribution is 2.23. The van der Waals surface area contributed by atoms with Crippen molar-refractivity contribution in [2.75, 3.05) is 38.2 Å². The van der Waals surface area contributed by atoms with Crippen molar-refractivity contribution in [3.05, 3.63) is 29.8 Å². The second-order valence-electron chi connectivity index (χ2n) is 4.94. The second kappa shape index (κ2) is 6.03. The molecule has 1 aromatic carbocycles. The maximum absolute atomic E-state index is 3.56. The van der Waals surface area contributed by atoms with Crippen molar-refractivity contribution in [2.45, 2.75) is 19.8 Å². The van der Waals surface area contributed by atoms with E-state index < -0.39 is 0 Å². The van der Waals surface area contributed by atoms with Crippen molar-refractivity contribution in [3.63, 3.8) is 0 Å². The Morgan fingerprint density at radius 1 is 1.24 bits per heavy atom. The van der Waals surface area contributed by atoms with Crippen LogP contribution < -0.4 is 10.6 Å². The molecular formula is C14H23N3. The van der Waals surface area contributed by atoms with Gasteiger partial charge in [0.1, 0.15) is 0 Å². The summed E-state index contributed by atoms with van der Waals surface area (Å²) in [6, 6.07) is 8.61. The molecule has 0 aliphatic carbocycles. The molecule has 17 heavy (non-hydrogen) atoms. The van der Waals surface area contributed by atoms with E-state index in [4.69, 9.17) is 0 Å². The minimum absolute atomic E-state index is 0.571. The number of hydrogen-bond donors (Lipinski definition) is 2. The molecule has 3 heteroatoms. The van der Waals surface area contributed by atoms with Gasteiger partial charge in [-0.3, -0.25) is 4.90 Å². The summed E-state index contributed by atoms with van der Waals surface area (Å²) < 4.78 is 0. The summed E-state index contributed by atoms with van der Waals surface area (Å²) in [4.78, 5) is 2.45. The molecule has 0 radical (unpaired) electrons. The lowest BCUT2D eigenvalue weighted by Crippen LogP contribution is -2.45. The van der Waals surface area contributed by atoms with Gasteiger partial charge in [-0.05, 0) is 17.5 Å². The number of nitrogens with zero attached hydrogens (tertiary/aromatic N) is 1. The molecule has 3 nitrogen and oxygen atoms in total. The number of hydrogen-bond acceptors (Lipinski definition) is 3. The highest BCUT2D eigenvalue weighted by atomic mass is 15.3. The zero-order valence-corrected chi connectivity index (χ0v) is 10.9. The fourth-order valence-electron chi connectivity index (χ4n) is 2.23. The Morgan fingerprint density at radius 2 is 1.94 bits per heavy atom. The van der Waals surface area contributed by atoms with E-state index >= 15 is 0 Å². The van der Waals surface area contributed by atoms with Gasteiger partial charge in [0.2, 0.25) is 0 Å². The molecule has 0 unspecified atom stereocenters. The van der Waals surface area contributed by atoms with Crippen LogP contribution in [0.3, 0.4) is 0 Å². The largest absolute Gasteiger partial charge is 0.372 e. The molecule has 1 aliphatic rings. The number of nitrogens with one attached hydrogen (secondary N) is 2. The molecule has 1 aromatic rings. The van der Waals surface area contributed by atoms with Crippen LogP contribution in [0, 0.1) is 0 Å².